The average Bonchev–Trinajstić information content (AvgIpc) is 2.89. The minimum absolute atomic E-state index is 0.00903. The van der Waals surface area contributed by atoms with Gasteiger partial charge in [0.2, 0.25) is 0 Å². The van der Waals surface area contributed by atoms with Gasteiger partial charge in [0, 0.05) is 10.9 Å². The lowest BCUT2D eigenvalue weighted by Crippen LogP contribution is -2.05. The van der Waals surface area contributed by atoms with Crippen molar-refractivity contribution in [3.8, 4) is 11.5 Å². The molecule has 0 bridgehead atoms. The first kappa shape index (κ1) is 12.9. The fourth-order valence-electron chi connectivity index (χ4n) is 1.63. The van der Waals surface area contributed by atoms with E-state index in [1.807, 2.05) is 42.6 Å². The van der Waals surface area contributed by atoms with Gasteiger partial charge in [-0.15, -0.1) is 11.3 Å². The molecule has 0 amide bonds. The summed E-state index contributed by atoms with van der Waals surface area (Å²) < 4.78 is 11.1. The summed E-state index contributed by atoms with van der Waals surface area (Å²) >= 11 is 1.68. The van der Waals surface area contributed by atoms with Crippen LogP contribution < -0.4 is 15.2 Å². The predicted molar refractivity (Wildman–Crippen MR) is 74.2 cm³/mol. The van der Waals surface area contributed by atoms with E-state index in [9.17, 15) is 0 Å². The third-order valence-corrected chi connectivity index (χ3v) is 3.51. The van der Waals surface area contributed by atoms with E-state index in [-0.39, 0.29) is 6.04 Å². The fourth-order valence-corrected chi connectivity index (χ4v) is 2.25. The molecule has 1 heterocycles. The fraction of sp³-hybridized carbons (Fsp3) is 0.286. The third-order valence-electron chi connectivity index (χ3n) is 2.66. The molecule has 0 aliphatic heterocycles. The topological polar surface area (TPSA) is 44.5 Å². The lowest BCUT2D eigenvalue weighted by molar-refractivity contribution is 0.287. The summed E-state index contributed by atoms with van der Waals surface area (Å²) in [7, 11) is 1.64. The minimum Gasteiger partial charge on any atom is -0.493 e. The second kappa shape index (κ2) is 5.89. The monoisotopic (exact) mass is 263 g/mol. The number of nitrogens with two attached hydrogens (primary N) is 1. The van der Waals surface area contributed by atoms with E-state index in [2.05, 4.69) is 0 Å². The second-order valence-electron chi connectivity index (χ2n) is 4.07. The molecule has 96 valence electrons. The van der Waals surface area contributed by atoms with Gasteiger partial charge in [0.1, 0.15) is 6.61 Å². The Kier molecular flexibility index (Phi) is 4.23. The summed E-state index contributed by atoms with van der Waals surface area (Å²) in [6, 6.07) is 9.86. The van der Waals surface area contributed by atoms with Crippen molar-refractivity contribution in [3.63, 3.8) is 0 Å². The van der Waals surface area contributed by atoms with Crippen molar-refractivity contribution in [2.24, 2.45) is 5.73 Å². The molecule has 0 radical (unpaired) electrons. The summed E-state index contributed by atoms with van der Waals surface area (Å²) in [6.07, 6.45) is 0. The van der Waals surface area contributed by atoms with Crippen LogP contribution in [-0.4, -0.2) is 7.11 Å². The number of hydrogen-bond acceptors (Lipinski definition) is 4. The number of rotatable bonds is 5. The van der Waals surface area contributed by atoms with Crippen molar-refractivity contribution in [1.82, 2.24) is 0 Å². The van der Waals surface area contributed by atoms with Gasteiger partial charge in [-0.05, 0) is 36.1 Å². The maximum absolute atomic E-state index is 5.84. The summed E-state index contributed by atoms with van der Waals surface area (Å²) in [6.45, 7) is 2.51. The van der Waals surface area contributed by atoms with Crippen LogP contribution in [0.2, 0.25) is 0 Å². The van der Waals surface area contributed by atoms with Crippen LogP contribution in [-0.2, 0) is 6.61 Å². The standard InChI is InChI=1S/C14H17NO2S/c1-10(15)11-5-6-13(14(8-11)16-2)17-9-12-4-3-7-18-12/h3-8,10H,9,15H2,1-2H3. The highest BCUT2D eigenvalue weighted by Crippen LogP contribution is 2.30. The van der Waals surface area contributed by atoms with Crippen LogP contribution in [0.1, 0.15) is 23.4 Å². The Bertz CT molecular complexity index is 495. The van der Waals surface area contributed by atoms with Gasteiger partial charge >= 0.3 is 0 Å². The predicted octanol–water partition coefficient (Wildman–Crippen LogP) is 3.36. The third kappa shape index (κ3) is 3.03. The molecule has 1 aromatic carbocycles. The Morgan fingerprint density at radius 1 is 1.28 bits per heavy atom. The van der Waals surface area contributed by atoms with Gasteiger partial charge < -0.3 is 15.2 Å². The quantitative estimate of drug-likeness (QED) is 0.899. The highest BCUT2D eigenvalue weighted by molar-refractivity contribution is 7.09. The molecular weight excluding hydrogens is 246 g/mol. The first-order valence-corrected chi connectivity index (χ1v) is 6.67. The van der Waals surface area contributed by atoms with Crippen molar-refractivity contribution in [2.75, 3.05) is 7.11 Å². The molecule has 4 heteroatoms. The van der Waals surface area contributed by atoms with E-state index in [0.29, 0.717) is 6.61 Å². The molecule has 0 aliphatic rings. The molecule has 1 atom stereocenters. The van der Waals surface area contributed by atoms with E-state index in [1.165, 1.54) is 4.88 Å². The normalized spacial score (nSPS) is 12.2. The maximum atomic E-state index is 5.84. The smallest absolute Gasteiger partial charge is 0.161 e. The van der Waals surface area contributed by atoms with Crippen molar-refractivity contribution >= 4 is 11.3 Å². The minimum atomic E-state index is -0.00903. The van der Waals surface area contributed by atoms with E-state index in [1.54, 1.807) is 18.4 Å². The number of benzene rings is 1. The summed E-state index contributed by atoms with van der Waals surface area (Å²) in [5, 5.41) is 2.04. The molecule has 1 aromatic heterocycles. The van der Waals surface area contributed by atoms with Gasteiger partial charge in [-0.1, -0.05) is 12.1 Å². The Balaban J connectivity index is 2.12. The largest absolute Gasteiger partial charge is 0.493 e. The van der Waals surface area contributed by atoms with Crippen LogP contribution in [0.4, 0.5) is 0 Å². The van der Waals surface area contributed by atoms with Crippen molar-refractivity contribution in [1.29, 1.82) is 0 Å². The summed E-state index contributed by atoms with van der Waals surface area (Å²) in [5.41, 5.74) is 6.88. The van der Waals surface area contributed by atoms with Crippen LogP contribution in [0.5, 0.6) is 11.5 Å². The van der Waals surface area contributed by atoms with Crippen LogP contribution in [0, 0.1) is 0 Å². The molecule has 0 fully saturated rings. The van der Waals surface area contributed by atoms with E-state index < -0.39 is 0 Å². The lowest BCUT2D eigenvalue weighted by Gasteiger charge is -2.13. The Hall–Kier alpha value is -1.52. The second-order valence-corrected chi connectivity index (χ2v) is 5.10. The van der Waals surface area contributed by atoms with Crippen molar-refractivity contribution < 1.29 is 9.47 Å². The Morgan fingerprint density at radius 2 is 2.11 bits per heavy atom. The van der Waals surface area contributed by atoms with Crippen molar-refractivity contribution in [2.45, 2.75) is 19.6 Å². The molecule has 1 unspecified atom stereocenters. The first-order chi connectivity index (χ1) is 8.70. The molecule has 2 aromatic rings. The average molecular weight is 263 g/mol. The molecule has 0 spiro atoms. The first-order valence-electron chi connectivity index (χ1n) is 5.79. The van der Waals surface area contributed by atoms with Gasteiger partial charge in [-0.3, -0.25) is 0 Å². The van der Waals surface area contributed by atoms with E-state index in [4.69, 9.17) is 15.2 Å². The zero-order valence-corrected chi connectivity index (χ0v) is 11.4. The Morgan fingerprint density at radius 3 is 2.72 bits per heavy atom. The van der Waals surface area contributed by atoms with Crippen LogP contribution >= 0.6 is 11.3 Å². The number of methoxy groups -OCH3 is 1. The molecular formula is C14H17NO2S. The van der Waals surface area contributed by atoms with Gasteiger partial charge in [-0.2, -0.15) is 0 Å². The van der Waals surface area contributed by atoms with Crippen LogP contribution in [0.3, 0.4) is 0 Å². The van der Waals surface area contributed by atoms with E-state index in [0.717, 1.165) is 17.1 Å². The number of hydrogen-bond donors (Lipinski definition) is 1. The van der Waals surface area contributed by atoms with Gasteiger partial charge in [0.25, 0.3) is 0 Å². The number of ether oxygens (including phenoxy) is 2. The van der Waals surface area contributed by atoms with Crippen LogP contribution in [0.25, 0.3) is 0 Å². The maximum Gasteiger partial charge on any atom is 0.161 e. The highest BCUT2D eigenvalue weighted by Gasteiger charge is 2.08. The number of thiophene rings is 1. The van der Waals surface area contributed by atoms with E-state index >= 15 is 0 Å². The Labute approximate surface area is 111 Å². The SMILES string of the molecule is COc1cc(C(C)N)ccc1OCc1cccs1. The van der Waals surface area contributed by atoms with Gasteiger partial charge in [0.15, 0.2) is 11.5 Å². The molecule has 2 rings (SSSR count). The lowest BCUT2D eigenvalue weighted by atomic mass is 10.1. The zero-order chi connectivity index (χ0) is 13.0. The highest BCUT2D eigenvalue weighted by atomic mass is 32.1. The summed E-state index contributed by atoms with van der Waals surface area (Å²) in [4.78, 5) is 1.19. The molecule has 0 aliphatic carbocycles. The van der Waals surface area contributed by atoms with Gasteiger partial charge in [-0.25, -0.2) is 0 Å². The molecule has 0 saturated heterocycles. The molecule has 18 heavy (non-hydrogen) atoms. The molecule has 0 saturated carbocycles. The summed E-state index contributed by atoms with van der Waals surface area (Å²) in [5.74, 6) is 1.47. The zero-order valence-electron chi connectivity index (χ0n) is 10.6. The molecule has 2 N–H and O–H groups in total. The van der Waals surface area contributed by atoms with Crippen LogP contribution in [0.15, 0.2) is 35.7 Å². The van der Waals surface area contributed by atoms with Crippen molar-refractivity contribution in [3.05, 3.63) is 46.2 Å². The van der Waals surface area contributed by atoms with Gasteiger partial charge in [0.05, 0.1) is 7.11 Å². The molecule has 3 nitrogen and oxygen atoms in total.